The number of methoxy groups -OCH3 is 1. The van der Waals surface area contributed by atoms with Crippen LogP contribution in [0.2, 0.25) is 0 Å². The summed E-state index contributed by atoms with van der Waals surface area (Å²) >= 11 is 0. The highest BCUT2D eigenvalue weighted by molar-refractivity contribution is 5.78. The number of ether oxygens (including phenoxy) is 1. The monoisotopic (exact) mass is 315 g/mol. The number of hydrogen-bond donors (Lipinski definition) is 1. The Labute approximate surface area is 137 Å². The quantitative estimate of drug-likeness (QED) is 0.891. The molecular weight excluding hydrogens is 290 g/mol. The second-order valence-electron chi connectivity index (χ2n) is 5.95. The highest BCUT2D eigenvalue weighted by atomic mass is 16.5. The summed E-state index contributed by atoms with van der Waals surface area (Å²) in [5.74, 6) is 0.754. The first-order chi connectivity index (χ1) is 10.9. The van der Waals surface area contributed by atoms with E-state index < -0.39 is 0 Å². The molecule has 1 unspecified atom stereocenters. The number of aromatic nitrogens is 2. The maximum Gasteiger partial charge on any atom is 0.223 e. The summed E-state index contributed by atoms with van der Waals surface area (Å²) in [6, 6.07) is 7.72. The highest BCUT2D eigenvalue weighted by Crippen LogP contribution is 2.17. The van der Waals surface area contributed by atoms with Gasteiger partial charge in [0.15, 0.2) is 0 Å². The van der Waals surface area contributed by atoms with Crippen molar-refractivity contribution in [2.75, 3.05) is 7.11 Å². The van der Waals surface area contributed by atoms with E-state index >= 15 is 0 Å². The minimum Gasteiger partial charge on any atom is -0.497 e. The van der Waals surface area contributed by atoms with Crippen molar-refractivity contribution < 1.29 is 9.53 Å². The Bertz CT molecular complexity index is 692. The third-order valence-corrected chi connectivity index (χ3v) is 4.22. The maximum absolute atomic E-state index is 12.3. The Balaban J connectivity index is 1.94. The van der Waals surface area contributed by atoms with Crippen LogP contribution >= 0.6 is 0 Å². The zero-order valence-corrected chi connectivity index (χ0v) is 14.5. The lowest BCUT2D eigenvalue weighted by atomic mass is 9.99. The molecule has 124 valence electrons. The van der Waals surface area contributed by atoms with Crippen molar-refractivity contribution >= 4 is 5.91 Å². The van der Waals surface area contributed by atoms with E-state index in [-0.39, 0.29) is 11.8 Å². The van der Waals surface area contributed by atoms with Gasteiger partial charge in [0.2, 0.25) is 5.91 Å². The first-order valence-electron chi connectivity index (χ1n) is 7.82. The molecule has 0 saturated carbocycles. The molecule has 0 aliphatic rings. The fourth-order valence-corrected chi connectivity index (χ4v) is 2.66. The van der Waals surface area contributed by atoms with E-state index in [0.717, 1.165) is 28.3 Å². The Morgan fingerprint density at radius 1 is 1.39 bits per heavy atom. The fourth-order valence-electron chi connectivity index (χ4n) is 2.66. The smallest absolute Gasteiger partial charge is 0.223 e. The van der Waals surface area contributed by atoms with E-state index in [0.29, 0.717) is 13.0 Å². The van der Waals surface area contributed by atoms with Gasteiger partial charge in [0, 0.05) is 25.2 Å². The lowest BCUT2D eigenvalue weighted by molar-refractivity contribution is -0.124. The predicted molar refractivity (Wildman–Crippen MR) is 90.4 cm³/mol. The third kappa shape index (κ3) is 4.12. The molecule has 5 nitrogen and oxygen atoms in total. The van der Waals surface area contributed by atoms with Crippen LogP contribution in [0.1, 0.15) is 29.4 Å². The first-order valence-corrected chi connectivity index (χ1v) is 7.82. The summed E-state index contributed by atoms with van der Waals surface area (Å²) in [6.07, 6.45) is 0.704. The van der Waals surface area contributed by atoms with Crippen molar-refractivity contribution in [3.63, 3.8) is 0 Å². The van der Waals surface area contributed by atoms with Crippen molar-refractivity contribution in [2.24, 2.45) is 13.0 Å². The normalized spacial score (nSPS) is 12.0. The van der Waals surface area contributed by atoms with Gasteiger partial charge < -0.3 is 10.1 Å². The molecule has 1 aromatic carbocycles. The van der Waals surface area contributed by atoms with Gasteiger partial charge in [0.05, 0.1) is 12.8 Å². The molecule has 0 aliphatic carbocycles. The number of amides is 1. The number of aryl methyl sites for hydroxylation is 2. The number of carbonyl (C=O) groups excluding carboxylic acids is 1. The lowest BCUT2D eigenvalue weighted by Gasteiger charge is -2.13. The van der Waals surface area contributed by atoms with Crippen molar-refractivity contribution in [1.29, 1.82) is 0 Å². The van der Waals surface area contributed by atoms with Gasteiger partial charge in [-0.25, -0.2) is 0 Å². The number of hydrogen-bond acceptors (Lipinski definition) is 3. The van der Waals surface area contributed by atoms with Crippen LogP contribution in [0.5, 0.6) is 5.75 Å². The number of benzene rings is 1. The largest absolute Gasteiger partial charge is 0.497 e. The van der Waals surface area contributed by atoms with Gasteiger partial charge >= 0.3 is 0 Å². The molecule has 0 fully saturated rings. The molecule has 0 saturated heterocycles. The molecule has 0 aliphatic heterocycles. The van der Waals surface area contributed by atoms with Crippen LogP contribution in [-0.4, -0.2) is 22.8 Å². The molecule has 1 atom stereocenters. The molecule has 1 amide bonds. The first kappa shape index (κ1) is 17.1. The number of carbonyl (C=O) groups is 1. The summed E-state index contributed by atoms with van der Waals surface area (Å²) in [5.41, 5.74) is 4.31. The van der Waals surface area contributed by atoms with Gasteiger partial charge in [-0.3, -0.25) is 9.48 Å². The standard InChI is InChI=1S/C18H25N3O2/c1-12(9-17-13(2)20-21(4)14(17)3)18(22)19-11-15-7-6-8-16(10-15)23-5/h6-8,10,12H,9,11H2,1-5H3,(H,19,22). The molecule has 2 rings (SSSR count). The van der Waals surface area contributed by atoms with Gasteiger partial charge in [-0.05, 0) is 43.5 Å². The van der Waals surface area contributed by atoms with E-state index in [9.17, 15) is 4.79 Å². The van der Waals surface area contributed by atoms with Crippen molar-refractivity contribution in [3.05, 3.63) is 46.8 Å². The van der Waals surface area contributed by atoms with Gasteiger partial charge in [-0.2, -0.15) is 5.10 Å². The summed E-state index contributed by atoms with van der Waals surface area (Å²) in [4.78, 5) is 12.3. The maximum atomic E-state index is 12.3. The van der Waals surface area contributed by atoms with E-state index in [1.54, 1.807) is 7.11 Å². The Kier molecular flexibility index (Phi) is 5.42. The fraction of sp³-hybridized carbons (Fsp3) is 0.444. The molecule has 0 radical (unpaired) electrons. The summed E-state index contributed by atoms with van der Waals surface area (Å²) < 4.78 is 7.06. The van der Waals surface area contributed by atoms with Crippen LogP contribution < -0.4 is 10.1 Å². The van der Waals surface area contributed by atoms with E-state index in [1.807, 2.05) is 56.8 Å². The topological polar surface area (TPSA) is 56.1 Å². The third-order valence-electron chi connectivity index (χ3n) is 4.22. The second-order valence-corrected chi connectivity index (χ2v) is 5.95. The van der Waals surface area contributed by atoms with Crippen molar-refractivity contribution in [1.82, 2.24) is 15.1 Å². The Morgan fingerprint density at radius 2 is 2.13 bits per heavy atom. The molecule has 23 heavy (non-hydrogen) atoms. The van der Waals surface area contributed by atoms with Crippen molar-refractivity contribution in [3.8, 4) is 5.75 Å². The van der Waals surface area contributed by atoms with Gasteiger partial charge in [0.1, 0.15) is 5.75 Å². The minimum absolute atomic E-state index is 0.0514. The molecule has 1 aromatic heterocycles. The van der Waals surface area contributed by atoms with E-state index in [2.05, 4.69) is 10.4 Å². The van der Waals surface area contributed by atoms with Crippen molar-refractivity contribution in [2.45, 2.75) is 33.7 Å². The van der Waals surface area contributed by atoms with E-state index in [1.165, 1.54) is 0 Å². The van der Waals surface area contributed by atoms with Crippen LogP contribution in [0.4, 0.5) is 0 Å². The van der Waals surface area contributed by atoms with E-state index in [4.69, 9.17) is 4.74 Å². The summed E-state index contributed by atoms with van der Waals surface area (Å²) in [7, 11) is 3.57. The predicted octanol–water partition coefficient (Wildman–Crippen LogP) is 2.54. The number of nitrogens with zero attached hydrogens (tertiary/aromatic N) is 2. The number of rotatable bonds is 6. The molecule has 0 spiro atoms. The molecule has 1 N–H and O–H groups in total. The lowest BCUT2D eigenvalue weighted by Crippen LogP contribution is -2.30. The summed E-state index contributed by atoms with van der Waals surface area (Å²) in [5, 5.41) is 7.40. The zero-order chi connectivity index (χ0) is 17.0. The van der Waals surface area contributed by atoms with Gasteiger partial charge in [-0.1, -0.05) is 19.1 Å². The molecule has 1 heterocycles. The SMILES string of the molecule is COc1cccc(CNC(=O)C(C)Cc2c(C)nn(C)c2C)c1. The van der Waals surface area contributed by atoms with Crippen LogP contribution in [0.25, 0.3) is 0 Å². The molecule has 0 bridgehead atoms. The van der Waals surface area contributed by atoms with Crippen LogP contribution in [0, 0.1) is 19.8 Å². The average Bonchev–Trinajstić information content (AvgIpc) is 2.79. The number of nitrogens with one attached hydrogen (secondary N) is 1. The van der Waals surface area contributed by atoms with Crippen LogP contribution in [0.3, 0.4) is 0 Å². The zero-order valence-electron chi connectivity index (χ0n) is 14.5. The van der Waals surface area contributed by atoms with Crippen LogP contribution in [0.15, 0.2) is 24.3 Å². The van der Waals surface area contributed by atoms with Gasteiger partial charge in [-0.15, -0.1) is 0 Å². The Hall–Kier alpha value is -2.30. The van der Waals surface area contributed by atoms with Crippen LogP contribution in [-0.2, 0) is 24.8 Å². The highest BCUT2D eigenvalue weighted by Gasteiger charge is 2.18. The second kappa shape index (κ2) is 7.31. The molecule has 5 heteroatoms. The molecule has 2 aromatic rings. The summed E-state index contributed by atoms with van der Waals surface area (Å²) in [6.45, 7) is 6.48. The minimum atomic E-state index is -0.0952. The molecular formula is C18H25N3O2. The Morgan fingerprint density at radius 3 is 2.74 bits per heavy atom. The average molecular weight is 315 g/mol. The van der Waals surface area contributed by atoms with Gasteiger partial charge in [0.25, 0.3) is 0 Å².